The van der Waals surface area contributed by atoms with Crippen LogP contribution in [-0.4, -0.2) is 61.1 Å². The summed E-state index contributed by atoms with van der Waals surface area (Å²) in [5.74, 6) is 0.124. The van der Waals surface area contributed by atoms with Gasteiger partial charge < -0.3 is 20.3 Å². The summed E-state index contributed by atoms with van der Waals surface area (Å²) in [7, 11) is 0. The molecule has 0 bridgehead atoms. The number of amides is 2. The van der Waals surface area contributed by atoms with Crippen LogP contribution in [0.5, 0.6) is 0 Å². The lowest BCUT2D eigenvalue weighted by atomic mass is 10.2. The molecule has 1 rings (SSSR count). The molecule has 2 N–H and O–H groups in total. The zero-order valence-electron chi connectivity index (χ0n) is 10.4. The number of nitrogens with zero attached hydrogens (tertiary/aromatic N) is 2. The number of piperazine rings is 1. The Bertz CT molecular complexity index is 263. The van der Waals surface area contributed by atoms with Crippen molar-refractivity contribution < 1.29 is 14.3 Å². The fraction of sp³-hybridized carbons (Fsp3) is 0.818. The van der Waals surface area contributed by atoms with Crippen molar-refractivity contribution in [3.8, 4) is 0 Å². The molecule has 1 fully saturated rings. The lowest BCUT2D eigenvalue weighted by Crippen LogP contribution is -2.50. The van der Waals surface area contributed by atoms with Crippen molar-refractivity contribution in [2.24, 2.45) is 5.73 Å². The summed E-state index contributed by atoms with van der Waals surface area (Å²) in [4.78, 5) is 26.5. The van der Waals surface area contributed by atoms with Crippen molar-refractivity contribution in [2.75, 3.05) is 39.3 Å². The molecule has 0 saturated carbocycles. The second-order valence-electron chi connectivity index (χ2n) is 3.96. The maximum Gasteiger partial charge on any atom is 0.409 e. The second kappa shape index (κ2) is 7.11. The first-order valence-corrected chi connectivity index (χ1v) is 6.08. The zero-order valence-corrected chi connectivity index (χ0v) is 10.4. The number of carbonyl (C=O) groups is 2. The van der Waals surface area contributed by atoms with Gasteiger partial charge in [-0.25, -0.2) is 4.79 Å². The van der Waals surface area contributed by atoms with Crippen LogP contribution in [-0.2, 0) is 9.53 Å². The fourth-order valence-corrected chi connectivity index (χ4v) is 1.76. The predicted octanol–water partition coefficient (Wildman–Crippen LogP) is 0.0260. The van der Waals surface area contributed by atoms with E-state index >= 15 is 0 Å². The second-order valence-corrected chi connectivity index (χ2v) is 3.96. The molecule has 0 aromatic rings. The summed E-state index contributed by atoms with van der Waals surface area (Å²) in [6.45, 7) is 4.97. The molecule has 6 heteroatoms. The van der Waals surface area contributed by atoms with Crippen LogP contribution in [0, 0.1) is 0 Å². The average molecular weight is 243 g/mol. The molecule has 6 nitrogen and oxygen atoms in total. The number of rotatable bonds is 4. The Kier molecular flexibility index (Phi) is 5.76. The third kappa shape index (κ3) is 4.22. The van der Waals surface area contributed by atoms with E-state index < -0.39 is 0 Å². The number of nitrogens with two attached hydrogens (primary N) is 1. The van der Waals surface area contributed by atoms with Crippen molar-refractivity contribution in [1.29, 1.82) is 0 Å². The van der Waals surface area contributed by atoms with E-state index in [0.29, 0.717) is 45.8 Å². The van der Waals surface area contributed by atoms with E-state index in [1.54, 1.807) is 16.7 Å². The standard InChI is InChI=1S/C11H21N3O3/c1-2-17-11(16)14-8-6-13(7-9-14)10(15)4-3-5-12/h2-9,12H2,1H3. The molecule has 0 aromatic carbocycles. The fourth-order valence-electron chi connectivity index (χ4n) is 1.76. The van der Waals surface area contributed by atoms with E-state index in [0.717, 1.165) is 6.42 Å². The number of hydrogen-bond acceptors (Lipinski definition) is 4. The maximum absolute atomic E-state index is 11.7. The first-order valence-electron chi connectivity index (χ1n) is 6.08. The number of hydrogen-bond donors (Lipinski definition) is 1. The summed E-state index contributed by atoms with van der Waals surface area (Å²) in [5, 5.41) is 0. The third-order valence-corrected chi connectivity index (χ3v) is 2.75. The van der Waals surface area contributed by atoms with Crippen LogP contribution in [0.3, 0.4) is 0 Å². The first-order chi connectivity index (χ1) is 8.19. The third-order valence-electron chi connectivity index (χ3n) is 2.75. The number of ether oxygens (including phenoxy) is 1. The Morgan fingerprint density at radius 3 is 2.29 bits per heavy atom. The Morgan fingerprint density at radius 2 is 1.76 bits per heavy atom. The molecule has 1 heterocycles. The monoisotopic (exact) mass is 243 g/mol. The van der Waals surface area contributed by atoms with Crippen molar-refractivity contribution in [2.45, 2.75) is 19.8 Å². The molecule has 1 aliphatic heterocycles. The van der Waals surface area contributed by atoms with Crippen LogP contribution in [0.2, 0.25) is 0 Å². The SMILES string of the molecule is CCOC(=O)N1CCN(C(=O)CCCN)CC1. The average Bonchev–Trinajstić information content (AvgIpc) is 2.36. The van der Waals surface area contributed by atoms with Crippen LogP contribution in [0.1, 0.15) is 19.8 Å². The van der Waals surface area contributed by atoms with Crippen molar-refractivity contribution in [3.63, 3.8) is 0 Å². The topological polar surface area (TPSA) is 75.9 Å². The normalized spacial score (nSPS) is 15.9. The quantitative estimate of drug-likeness (QED) is 0.755. The van der Waals surface area contributed by atoms with Gasteiger partial charge in [-0.15, -0.1) is 0 Å². The van der Waals surface area contributed by atoms with Gasteiger partial charge in [0.25, 0.3) is 0 Å². The Morgan fingerprint density at radius 1 is 1.18 bits per heavy atom. The maximum atomic E-state index is 11.7. The summed E-state index contributed by atoms with van der Waals surface area (Å²) in [6, 6.07) is 0. The van der Waals surface area contributed by atoms with E-state index in [-0.39, 0.29) is 12.0 Å². The van der Waals surface area contributed by atoms with Crippen LogP contribution in [0.25, 0.3) is 0 Å². The minimum Gasteiger partial charge on any atom is -0.450 e. The van der Waals surface area contributed by atoms with Gasteiger partial charge in [-0.3, -0.25) is 4.79 Å². The molecule has 0 aliphatic carbocycles. The van der Waals surface area contributed by atoms with Gasteiger partial charge in [-0.2, -0.15) is 0 Å². The van der Waals surface area contributed by atoms with E-state index in [2.05, 4.69) is 0 Å². The summed E-state index contributed by atoms with van der Waals surface area (Å²) in [5.41, 5.74) is 5.36. The van der Waals surface area contributed by atoms with Crippen LogP contribution < -0.4 is 5.73 Å². The zero-order chi connectivity index (χ0) is 12.7. The molecular formula is C11H21N3O3. The van der Waals surface area contributed by atoms with Crippen LogP contribution >= 0.6 is 0 Å². The molecule has 0 unspecified atom stereocenters. The van der Waals surface area contributed by atoms with Gasteiger partial charge in [-0.05, 0) is 19.9 Å². The Balaban J connectivity index is 2.30. The van der Waals surface area contributed by atoms with Gasteiger partial charge in [0.05, 0.1) is 6.61 Å². The highest BCUT2D eigenvalue weighted by atomic mass is 16.6. The highest BCUT2D eigenvalue weighted by Crippen LogP contribution is 2.06. The van der Waals surface area contributed by atoms with Gasteiger partial charge in [0, 0.05) is 32.6 Å². The molecule has 17 heavy (non-hydrogen) atoms. The van der Waals surface area contributed by atoms with Crippen molar-refractivity contribution in [3.05, 3.63) is 0 Å². The van der Waals surface area contributed by atoms with Gasteiger partial charge in [0.15, 0.2) is 0 Å². The smallest absolute Gasteiger partial charge is 0.409 e. The highest BCUT2D eigenvalue weighted by Gasteiger charge is 2.24. The molecule has 0 spiro atoms. The Labute approximate surface area is 102 Å². The van der Waals surface area contributed by atoms with Gasteiger partial charge in [-0.1, -0.05) is 0 Å². The van der Waals surface area contributed by atoms with Crippen LogP contribution in [0.15, 0.2) is 0 Å². The number of carbonyl (C=O) groups excluding carboxylic acids is 2. The van der Waals surface area contributed by atoms with Gasteiger partial charge >= 0.3 is 6.09 Å². The molecule has 0 radical (unpaired) electrons. The lowest BCUT2D eigenvalue weighted by Gasteiger charge is -2.34. The summed E-state index contributed by atoms with van der Waals surface area (Å²) >= 11 is 0. The minimum atomic E-state index is -0.290. The molecule has 1 saturated heterocycles. The molecule has 1 aliphatic rings. The van der Waals surface area contributed by atoms with E-state index in [4.69, 9.17) is 10.5 Å². The largest absolute Gasteiger partial charge is 0.450 e. The Hall–Kier alpha value is -1.30. The molecule has 0 atom stereocenters. The summed E-state index contributed by atoms with van der Waals surface area (Å²) in [6.07, 6.45) is 0.925. The summed E-state index contributed by atoms with van der Waals surface area (Å²) < 4.78 is 4.91. The molecular weight excluding hydrogens is 222 g/mol. The molecule has 2 amide bonds. The van der Waals surface area contributed by atoms with E-state index in [1.165, 1.54) is 0 Å². The first kappa shape index (κ1) is 13.8. The van der Waals surface area contributed by atoms with E-state index in [9.17, 15) is 9.59 Å². The van der Waals surface area contributed by atoms with Crippen molar-refractivity contribution in [1.82, 2.24) is 9.80 Å². The van der Waals surface area contributed by atoms with Gasteiger partial charge in [0.1, 0.15) is 0 Å². The van der Waals surface area contributed by atoms with E-state index in [1.807, 2.05) is 0 Å². The molecule has 98 valence electrons. The van der Waals surface area contributed by atoms with Crippen molar-refractivity contribution >= 4 is 12.0 Å². The minimum absolute atomic E-state index is 0.124. The van der Waals surface area contributed by atoms with Gasteiger partial charge in [0.2, 0.25) is 5.91 Å². The molecule has 0 aromatic heterocycles. The lowest BCUT2D eigenvalue weighted by molar-refractivity contribution is -0.132. The predicted molar refractivity (Wildman–Crippen MR) is 63.5 cm³/mol. The van der Waals surface area contributed by atoms with Crippen LogP contribution in [0.4, 0.5) is 4.79 Å². The highest BCUT2D eigenvalue weighted by molar-refractivity contribution is 5.76.